The van der Waals surface area contributed by atoms with Gasteiger partial charge in [0.1, 0.15) is 0 Å². The first kappa shape index (κ1) is 6.66. The summed E-state index contributed by atoms with van der Waals surface area (Å²) in [6, 6.07) is 0.671. The third-order valence-corrected chi connectivity index (χ3v) is 1.73. The molecule has 2 atom stereocenters. The molecule has 0 aromatic heterocycles. The molecule has 0 amide bonds. The van der Waals surface area contributed by atoms with Crippen LogP contribution in [-0.4, -0.2) is 6.04 Å². The van der Waals surface area contributed by atoms with E-state index in [9.17, 15) is 0 Å². The molecular formula is C8H15N. The molecule has 2 unspecified atom stereocenters. The minimum atomic E-state index is 0.671. The fourth-order valence-electron chi connectivity index (χ4n) is 1.55. The second-order valence-corrected chi connectivity index (χ2v) is 3.11. The molecule has 9 heavy (non-hydrogen) atoms. The predicted molar refractivity (Wildman–Crippen MR) is 40.1 cm³/mol. The average molecular weight is 125 g/mol. The zero-order chi connectivity index (χ0) is 6.85. The first-order chi connectivity index (χ1) is 4.18. The van der Waals surface area contributed by atoms with Gasteiger partial charge in [-0.15, -0.1) is 0 Å². The summed E-state index contributed by atoms with van der Waals surface area (Å²) in [5.41, 5.74) is 1.33. The maximum absolute atomic E-state index is 3.37. The number of hydrogen-bond donors (Lipinski definition) is 1. The van der Waals surface area contributed by atoms with Gasteiger partial charge in [-0.2, -0.15) is 0 Å². The molecule has 0 fully saturated rings. The van der Waals surface area contributed by atoms with Crippen LogP contribution in [0, 0.1) is 5.92 Å². The van der Waals surface area contributed by atoms with Gasteiger partial charge in [-0.3, -0.25) is 0 Å². The third kappa shape index (κ3) is 1.74. The van der Waals surface area contributed by atoms with Crippen LogP contribution in [-0.2, 0) is 0 Å². The molecule has 0 bridgehead atoms. The predicted octanol–water partition coefficient (Wildman–Crippen LogP) is 1.91. The lowest BCUT2D eigenvalue weighted by Gasteiger charge is -2.24. The molecule has 1 aliphatic heterocycles. The van der Waals surface area contributed by atoms with Gasteiger partial charge in [0.25, 0.3) is 0 Å². The zero-order valence-corrected chi connectivity index (χ0v) is 6.44. The van der Waals surface area contributed by atoms with Gasteiger partial charge < -0.3 is 5.32 Å². The van der Waals surface area contributed by atoms with Gasteiger partial charge >= 0.3 is 0 Å². The molecule has 0 saturated heterocycles. The minimum absolute atomic E-state index is 0.671. The van der Waals surface area contributed by atoms with E-state index in [1.807, 2.05) is 0 Å². The van der Waals surface area contributed by atoms with Gasteiger partial charge in [0, 0.05) is 11.7 Å². The standard InChI is InChI=1S/C8H15N/c1-6-4-7(2)9-8(3)5-6/h4,6,8-9H,5H2,1-3H3. The number of nitrogens with one attached hydrogen (secondary N) is 1. The van der Waals surface area contributed by atoms with E-state index in [0.717, 1.165) is 5.92 Å². The highest BCUT2D eigenvalue weighted by Gasteiger charge is 2.11. The fourth-order valence-corrected chi connectivity index (χ4v) is 1.55. The van der Waals surface area contributed by atoms with Crippen molar-refractivity contribution in [3.63, 3.8) is 0 Å². The van der Waals surface area contributed by atoms with Crippen LogP contribution in [0.4, 0.5) is 0 Å². The Labute approximate surface area is 57.1 Å². The minimum Gasteiger partial charge on any atom is -0.386 e. The van der Waals surface area contributed by atoms with Crippen LogP contribution in [0.3, 0.4) is 0 Å². The van der Waals surface area contributed by atoms with E-state index in [0.29, 0.717) is 6.04 Å². The Morgan fingerprint density at radius 2 is 2.22 bits per heavy atom. The summed E-state index contributed by atoms with van der Waals surface area (Å²) in [5, 5.41) is 3.37. The summed E-state index contributed by atoms with van der Waals surface area (Å²) in [6.07, 6.45) is 3.57. The van der Waals surface area contributed by atoms with E-state index in [-0.39, 0.29) is 0 Å². The lowest BCUT2D eigenvalue weighted by atomic mass is 9.98. The molecule has 0 aromatic carbocycles. The quantitative estimate of drug-likeness (QED) is 0.521. The monoisotopic (exact) mass is 125 g/mol. The van der Waals surface area contributed by atoms with Crippen molar-refractivity contribution in [2.24, 2.45) is 5.92 Å². The number of rotatable bonds is 0. The molecule has 1 N–H and O–H groups in total. The largest absolute Gasteiger partial charge is 0.386 e. The van der Waals surface area contributed by atoms with Crippen LogP contribution in [0.1, 0.15) is 27.2 Å². The molecule has 1 heteroatoms. The fraction of sp³-hybridized carbons (Fsp3) is 0.750. The summed E-state index contributed by atoms with van der Waals surface area (Å²) < 4.78 is 0. The molecule has 1 nitrogen and oxygen atoms in total. The van der Waals surface area contributed by atoms with Crippen molar-refractivity contribution in [2.75, 3.05) is 0 Å². The molecule has 52 valence electrons. The normalized spacial score (nSPS) is 35.2. The molecule has 0 aromatic rings. The van der Waals surface area contributed by atoms with E-state index < -0.39 is 0 Å². The van der Waals surface area contributed by atoms with Crippen molar-refractivity contribution in [2.45, 2.75) is 33.2 Å². The highest BCUT2D eigenvalue weighted by molar-refractivity contribution is 5.04. The second kappa shape index (κ2) is 2.42. The molecule has 0 spiro atoms. The van der Waals surface area contributed by atoms with Crippen molar-refractivity contribution in [1.82, 2.24) is 5.32 Å². The van der Waals surface area contributed by atoms with E-state index in [1.54, 1.807) is 0 Å². The Bertz CT molecular complexity index is 127. The molecule has 0 aliphatic carbocycles. The van der Waals surface area contributed by atoms with Gasteiger partial charge in [-0.25, -0.2) is 0 Å². The molecule has 1 heterocycles. The van der Waals surface area contributed by atoms with Crippen molar-refractivity contribution in [1.29, 1.82) is 0 Å². The van der Waals surface area contributed by atoms with Crippen molar-refractivity contribution >= 4 is 0 Å². The maximum Gasteiger partial charge on any atom is 0.0235 e. The lowest BCUT2D eigenvalue weighted by Crippen LogP contribution is -2.30. The number of allylic oxidation sites excluding steroid dienone is 2. The average Bonchev–Trinajstić information content (AvgIpc) is 1.59. The van der Waals surface area contributed by atoms with Crippen LogP contribution in [0.5, 0.6) is 0 Å². The van der Waals surface area contributed by atoms with E-state index in [1.165, 1.54) is 12.1 Å². The summed E-state index contributed by atoms with van der Waals surface area (Å²) in [6.45, 7) is 6.62. The summed E-state index contributed by atoms with van der Waals surface area (Å²) in [4.78, 5) is 0. The topological polar surface area (TPSA) is 12.0 Å². The van der Waals surface area contributed by atoms with Crippen molar-refractivity contribution < 1.29 is 0 Å². The first-order valence-electron chi connectivity index (χ1n) is 3.63. The Morgan fingerprint density at radius 1 is 1.56 bits per heavy atom. The zero-order valence-electron chi connectivity index (χ0n) is 6.44. The third-order valence-electron chi connectivity index (χ3n) is 1.73. The summed E-state index contributed by atoms with van der Waals surface area (Å²) in [5.74, 6) is 0.765. The molecule has 0 saturated carbocycles. The van der Waals surface area contributed by atoms with E-state index in [2.05, 4.69) is 32.2 Å². The van der Waals surface area contributed by atoms with Gasteiger partial charge in [-0.05, 0) is 26.2 Å². The molecule has 0 radical (unpaired) electrons. The first-order valence-corrected chi connectivity index (χ1v) is 3.63. The Morgan fingerprint density at radius 3 is 2.67 bits per heavy atom. The van der Waals surface area contributed by atoms with Crippen molar-refractivity contribution in [3.05, 3.63) is 11.8 Å². The lowest BCUT2D eigenvalue weighted by molar-refractivity contribution is 0.466. The van der Waals surface area contributed by atoms with E-state index >= 15 is 0 Å². The molecule has 1 rings (SSSR count). The summed E-state index contributed by atoms with van der Waals surface area (Å²) >= 11 is 0. The van der Waals surface area contributed by atoms with Gasteiger partial charge in [-0.1, -0.05) is 13.0 Å². The second-order valence-electron chi connectivity index (χ2n) is 3.11. The van der Waals surface area contributed by atoms with Crippen molar-refractivity contribution in [3.8, 4) is 0 Å². The van der Waals surface area contributed by atoms with Crippen LogP contribution in [0.25, 0.3) is 0 Å². The van der Waals surface area contributed by atoms with Gasteiger partial charge in [0.2, 0.25) is 0 Å². The van der Waals surface area contributed by atoms with Crippen LogP contribution in [0.2, 0.25) is 0 Å². The van der Waals surface area contributed by atoms with E-state index in [4.69, 9.17) is 0 Å². The van der Waals surface area contributed by atoms with Crippen LogP contribution >= 0.6 is 0 Å². The Kier molecular flexibility index (Phi) is 1.79. The van der Waals surface area contributed by atoms with Gasteiger partial charge in [0.15, 0.2) is 0 Å². The molecule has 1 aliphatic rings. The summed E-state index contributed by atoms with van der Waals surface area (Å²) in [7, 11) is 0. The highest BCUT2D eigenvalue weighted by Crippen LogP contribution is 2.14. The maximum atomic E-state index is 3.37. The van der Waals surface area contributed by atoms with Crippen LogP contribution < -0.4 is 5.32 Å². The highest BCUT2D eigenvalue weighted by atomic mass is 14.9. The SMILES string of the molecule is CC1=CC(C)CC(C)N1. The Hall–Kier alpha value is -0.460. The van der Waals surface area contributed by atoms with Gasteiger partial charge in [0.05, 0.1) is 0 Å². The number of hydrogen-bond acceptors (Lipinski definition) is 1. The Balaban J connectivity index is 2.56. The smallest absolute Gasteiger partial charge is 0.0235 e. The molecular weight excluding hydrogens is 110 g/mol. The van der Waals surface area contributed by atoms with Crippen LogP contribution in [0.15, 0.2) is 11.8 Å².